The molecule has 2 fully saturated rings. The molecule has 2 aromatic rings. The summed E-state index contributed by atoms with van der Waals surface area (Å²) in [7, 11) is 0. The lowest BCUT2D eigenvalue weighted by molar-refractivity contribution is 0.165. The van der Waals surface area contributed by atoms with Crippen molar-refractivity contribution < 1.29 is 4.52 Å². The summed E-state index contributed by atoms with van der Waals surface area (Å²) in [6.07, 6.45) is 9.69. The number of hydrogen-bond donors (Lipinski definition) is 1. The monoisotopic (exact) mass is 285 g/mol. The van der Waals surface area contributed by atoms with Gasteiger partial charge in [-0.1, -0.05) is 24.4 Å². The van der Waals surface area contributed by atoms with Crippen molar-refractivity contribution in [2.24, 2.45) is 5.41 Å². The Morgan fingerprint density at radius 1 is 1.24 bits per heavy atom. The zero-order chi connectivity index (χ0) is 14.1. The van der Waals surface area contributed by atoms with Crippen LogP contribution in [0, 0.1) is 5.41 Å². The van der Waals surface area contributed by atoms with Crippen LogP contribution in [0.4, 0.5) is 0 Å². The molecule has 4 rings (SSSR count). The zero-order valence-electron chi connectivity index (χ0n) is 12.0. The van der Waals surface area contributed by atoms with Gasteiger partial charge in [0.2, 0.25) is 11.7 Å². The molecule has 1 aliphatic heterocycles. The third-order valence-electron chi connectivity index (χ3n) is 4.96. The van der Waals surface area contributed by atoms with Crippen molar-refractivity contribution in [1.82, 2.24) is 25.4 Å². The van der Waals surface area contributed by atoms with Crippen LogP contribution >= 0.6 is 0 Å². The van der Waals surface area contributed by atoms with Crippen molar-refractivity contribution in [1.29, 1.82) is 0 Å². The number of nitrogens with one attached hydrogen (secondary N) is 1. The van der Waals surface area contributed by atoms with Crippen molar-refractivity contribution >= 4 is 0 Å². The summed E-state index contributed by atoms with van der Waals surface area (Å²) in [5.74, 6) is 1.65. The number of aromatic nitrogens is 4. The molecule has 3 heterocycles. The Hall–Kier alpha value is -1.82. The first-order valence-corrected chi connectivity index (χ1v) is 7.68. The number of rotatable bonds is 2. The van der Waals surface area contributed by atoms with E-state index in [0.29, 0.717) is 22.9 Å². The van der Waals surface area contributed by atoms with Crippen LogP contribution in [-0.2, 0) is 0 Å². The van der Waals surface area contributed by atoms with Crippen LogP contribution in [0.2, 0.25) is 0 Å². The second-order valence-electron chi connectivity index (χ2n) is 6.16. The largest absolute Gasteiger partial charge is 0.339 e. The smallest absolute Gasteiger partial charge is 0.232 e. The molecular weight excluding hydrogens is 266 g/mol. The third kappa shape index (κ3) is 2.23. The molecule has 110 valence electrons. The molecule has 0 radical (unpaired) electrons. The van der Waals surface area contributed by atoms with Crippen LogP contribution in [-0.4, -0.2) is 33.2 Å². The van der Waals surface area contributed by atoms with Gasteiger partial charge in [0.1, 0.15) is 12.0 Å². The predicted octanol–water partition coefficient (Wildman–Crippen LogP) is 2.16. The van der Waals surface area contributed by atoms with Crippen molar-refractivity contribution in [3.8, 4) is 11.5 Å². The fourth-order valence-corrected chi connectivity index (χ4v) is 3.84. The second kappa shape index (κ2) is 5.18. The predicted molar refractivity (Wildman–Crippen MR) is 76.5 cm³/mol. The van der Waals surface area contributed by atoms with Crippen LogP contribution in [0.3, 0.4) is 0 Å². The van der Waals surface area contributed by atoms with Gasteiger partial charge in [-0.05, 0) is 24.3 Å². The van der Waals surface area contributed by atoms with E-state index in [1.165, 1.54) is 38.4 Å². The molecular formula is C15H19N5O. The van der Waals surface area contributed by atoms with E-state index in [1.54, 1.807) is 12.3 Å². The summed E-state index contributed by atoms with van der Waals surface area (Å²) in [5.41, 5.74) is 1.02. The van der Waals surface area contributed by atoms with Gasteiger partial charge in [-0.15, -0.1) is 0 Å². The van der Waals surface area contributed by atoms with Gasteiger partial charge in [0, 0.05) is 19.3 Å². The number of hydrogen-bond acceptors (Lipinski definition) is 6. The van der Waals surface area contributed by atoms with E-state index in [9.17, 15) is 0 Å². The van der Waals surface area contributed by atoms with Gasteiger partial charge >= 0.3 is 0 Å². The molecule has 1 saturated carbocycles. The molecule has 1 atom stereocenters. The van der Waals surface area contributed by atoms with Gasteiger partial charge in [0.15, 0.2) is 0 Å². The maximum Gasteiger partial charge on any atom is 0.232 e. The lowest BCUT2D eigenvalue weighted by Gasteiger charge is -2.36. The van der Waals surface area contributed by atoms with Gasteiger partial charge in [-0.25, -0.2) is 9.97 Å². The fourth-order valence-electron chi connectivity index (χ4n) is 3.84. The first-order valence-electron chi connectivity index (χ1n) is 7.68. The highest BCUT2D eigenvalue weighted by Gasteiger charge is 2.46. The van der Waals surface area contributed by atoms with Crippen molar-refractivity contribution in [3.05, 3.63) is 24.5 Å². The van der Waals surface area contributed by atoms with Gasteiger partial charge in [-0.2, -0.15) is 4.98 Å². The minimum absolute atomic E-state index is 0.313. The zero-order valence-corrected chi connectivity index (χ0v) is 12.0. The van der Waals surface area contributed by atoms with E-state index in [1.807, 2.05) is 0 Å². The van der Waals surface area contributed by atoms with Crippen LogP contribution in [0.15, 0.2) is 23.1 Å². The Bertz CT molecular complexity index is 606. The third-order valence-corrected chi connectivity index (χ3v) is 4.96. The topological polar surface area (TPSA) is 76.7 Å². The molecule has 21 heavy (non-hydrogen) atoms. The summed E-state index contributed by atoms with van der Waals surface area (Å²) in [6.45, 7) is 2.01. The average molecular weight is 285 g/mol. The lowest BCUT2D eigenvalue weighted by Crippen LogP contribution is -2.31. The molecule has 0 aromatic carbocycles. The summed E-state index contributed by atoms with van der Waals surface area (Å²) in [6, 6.07) is 1.80. The number of nitrogens with zero attached hydrogens (tertiary/aromatic N) is 4. The Kier molecular flexibility index (Phi) is 3.18. The highest BCUT2D eigenvalue weighted by atomic mass is 16.5. The van der Waals surface area contributed by atoms with Crippen molar-refractivity contribution in [2.45, 2.75) is 38.0 Å². The average Bonchev–Trinajstić information content (AvgIpc) is 3.16. The van der Waals surface area contributed by atoms with Gasteiger partial charge in [-0.3, -0.25) is 0 Å². The van der Waals surface area contributed by atoms with Crippen LogP contribution in [0.1, 0.15) is 43.9 Å². The Labute approximate surface area is 123 Å². The first kappa shape index (κ1) is 12.9. The Balaban J connectivity index is 1.63. The molecule has 0 bridgehead atoms. The minimum atomic E-state index is 0.313. The summed E-state index contributed by atoms with van der Waals surface area (Å²) >= 11 is 0. The lowest BCUT2D eigenvalue weighted by atomic mass is 9.67. The molecule has 1 unspecified atom stereocenters. The standard InChI is InChI=1S/C15H19N5O/c1-2-5-15(6-3-1)9-17-8-11(15)14-19-13(20-21-14)12-4-7-16-10-18-12/h4,7,10-11,17H,1-3,5-6,8-9H2. The molecule has 2 aromatic heterocycles. The maximum atomic E-state index is 5.57. The van der Waals surface area contributed by atoms with Gasteiger partial charge < -0.3 is 9.84 Å². The fraction of sp³-hybridized carbons (Fsp3) is 0.600. The van der Waals surface area contributed by atoms with Crippen molar-refractivity contribution in [3.63, 3.8) is 0 Å². The second-order valence-corrected chi connectivity index (χ2v) is 6.16. The quantitative estimate of drug-likeness (QED) is 0.911. The van der Waals surface area contributed by atoms with E-state index < -0.39 is 0 Å². The van der Waals surface area contributed by atoms with Crippen molar-refractivity contribution in [2.75, 3.05) is 13.1 Å². The van der Waals surface area contributed by atoms with Gasteiger partial charge in [0.25, 0.3) is 0 Å². The summed E-state index contributed by atoms with van der Waals surface area (Å²) in [5, 5.41) is 7.63. The Morgan fingerprint density at radius 2 is 2.14 bits per heavy atom. The molecule has 6 nitrogen and oxygen atoms in total. The first-order chi connectivity index (χ1) is 10.4. The van der Waals surface area contributed by atoms with Crippen LogP contribution in [0.5, 0.6) is 0 Å². The van der Waals surface area contributed by atoms with E-state index >= 15 is 0 Å². The normalized spacial score (nSPS) is 24.5. The SMILES string of the molecule is c1cc(-c2noc(C3CNCC34CCCCC4)n2)ncn1. The minimum Gasteiger partial charge on any atom is -0.339 e. The van der Waals surface area contributed by atoms with E-state index in [4.69, 9.17) is 4.52 Å². The molecule has 2 aliphatic rings. The van der Waals surface area contributed by atoms with Crippen LogP contribution < -0.4 is 5.32 Å². The highest BCUT2D eigenvalue weighted by molar-refractivity contribution is 5.46. The Morgan fingerprint density at radius 3 is 2.95 bits per heavy atom. The maximum absolute atomic E-state index is 5.57. The molecule has 1 saturated heterocycles. The van der Waals surface area contributed by atoms with E-state index in [-0.39, 0.29) is 0 Å². The molecule has 0 amide bonds. The molecule has 6 heteroatoms. The molecule has 1 N–H and O–H groups in total. The highest BCUT2D eigenvalue weighted by Crippen LogP contribution is 2.49. The van der Waals surface area contributed by atoms with Crippen LogP contribution in [0.25, 0.3) is 11.5 Å². The van der Waals surface area contributed by atoms with E-state index in [2.05, 4.69) is 25.4 Å². The molecule has 1 spiro atoms. The molecule has 1 aliphatic carbocycles. The summed E-state index contributed by atoms with van der Waals surface area (Å²) < 4.78 is 5.57. The van der Waals surface area contributed by atoms with Gasteiger partial charge in [0.05, 0.1) is 5.92 Å². The summed E-state index contributed by atoms with van der Waals surface area (Å²) in [4.78, 5) is 12.7. The van der Waals surface area contributed by atoms with E-state index in [0.717, 1.165) is 19.0 Å².